The Hall–Kier alpha value is -2.65. The maximum Gasteiger partial charge on any atom is 0.201 e. The van der Waals surface area contributed by atoms with Crippen molar-refractivity contribution in [3.63, 3.8) is 0 Å². The summed E-state index contributed by atoms with van der Waals surface area (Å²) in [5.41, 5.74) is 9.40. The molecule has 0 aliphatic heterocycles. The Bertz CT molecular complexity index is 773. The monoisotopic (exact) mass is 383 g/mol. The molecule has 120 valence electrons. The highest BCUT2D eigenvalue weighted by atomic mass is 79.9. The van der Waals surface area contributed by atoms with Gasteiger partial charge in [-0.3, -0.25) is 0 Å². The minimum Gasteiger partial charge on any atom is -0.409 e. The average Bonchev–Trinajstić information content (AvgIpc) is 2.96. The smallest absolute Gasteiger partial charge is 0.201 e. The largest absolute Gasteiger partial charge is 0.409 e. The molecule has 1 unspecified atom stereocenters. The SMILES string of the molecule is CC(Cc1nonc1C(=NO)Nc1ccc(F)c(Br)c1)N=[N+]=[N-]. The number of hydrogen-bond acceptors (Lipinski definition) is 6. The Balaban J connectivity index is 2.23. The lowest BCUT2D eigenvalue weighted by Gasteiger charge is -2.08. The molecule has 0 saturated heterocycles. The maximum absolute atomic E-state index is 13.2. The van der Waals surface area contributed by atoms with Crippen LogP contribution < -0.4 is 5.32 Å². The van der Waals surface area contributed by atoms with Crippen LogP contribution in [0.4, 0.5) is 10.1 Å². The molecule has 1 aromatic heterocycles. The first-order chi connectivity index (χ1) is 11.0. The van der Waals surface area contributed by atoms with Gasteiger partial charge in [0, 0.05) is 23.1 Å². The first kappa shape index (κ1) is 16.7. The second-order valence-electron chi connectivity index (χ2n) is 4.52. The van der Waals surface area contributed by atoms with Crippen molar-refractivity contribution in [2.75, 3.05) is 5.32 Å². The Labute approximate surface area is 137 Å². The van der Waals surface area contributed by atoms with Gasteiger partial charge >= 0.3 is 0 Å². The molecule has 0 amide bonds. The number of hydrogen-bond donors (Lipinski definition) is 2. The van der Waals surface area contributed by atoms with Crippen LogP contribution in [-0.4, -0.2) is 27.4 Å². The van der Waals surface area contributed by atoms with E-state index in [1.54, 1.807) is 6.92 Å². The first-order valence-corrected chi connectivity index (χ1v) is 7.14. The standard InChI is InChI=1S/C12H11BrFN7O2/c1-6(17-21-15)4-10-11(20-23-19-10)12(18-22)16-7-2-3-9(14)8(13)5-7/h2-3,5-6,22H,4H2,1H3,(H,16,18). The number of benzene rings is 1. The molecule has 0 saturated carbocycles. The van der Waals surface area contributed by atoms with Crippen LogP contribution in [0.15, 0.2) is 37.6 Å². The van der Waals surface area contributed by atoms with Gasteiger partial charge in [0.25, 0.3) is 0 Å². The molecule has 0 bridgehead atoms. The number of amidine groups is 1. The van der Waals surface area contributed by atoms with Gasteiger partial charge in [-0.15, -0.1) is 0 Å². The van der Waals surface area contributed by atoms with Crippen LogP contribution in [0.25, 0.3) is 10.4 Å². The number of anilines is 1. The van der Waals surface area contributed by atoms with Crippen LogP contribution in [0.5, 0.6) is 0 Å². The van der Waals surface area contributed by atoms with Crippen LogP contribution >= 0.6 is 15.9 Å². The lowest BCUT2D eigenvalue weighted by atomic mass is 10.1. The molecule has 9 nitrogen and oxygen atoms in total. The van der Waals surface area contributed by atoms with Crippen molar-refractivity contribution >= 4 is 27.5 Å². The first-order valence-electron chi connectivity index (χ1n) is 6.35. The zero-order chi connectivity index (χ0) is 16.8. The Morgan fingerprint density at radius 2 is 2.35 bits per heavy atom. The van der Waals surface area contributed by atoms with E-state index in [-0.39, 0.29) is 28.5 Å². The third-order valence-corrected chi connectivity index (χ3v) is 3.41. The van der Waals surface area contributed by atoms with Gasteiger partial charge in [-0.2, -0.15) is 0 Å². The summed E-state index contributed by atoms with van der Waals surface area (Å²) in [6.45, 7) is 1.69. The number of azide groups is 1. The van der Waals surface area contributed by atoms with Crippen molar-refractivity contribution in [1.82, 2.24) is 10.3 Å². The topological polar surface area (TPSA) is 132 Å². The fraction of sp³-hybridized carbons (Fsp3) is 0.250. The summed E-state index contributed by atoms with van der Waals surface area (Å²) in [5, 5.41) is 26.0. The van der Waals surface area contributed by atoms with Crippen molar-refractivity contribution < 1.29 is 14.2 Å². The fourth-order valence-corrected chi connectivity index (χ4v) is 2.15. The molecule has 1 heterocycles. The Morgan fingerprint density at radius 3 is 3.00 bits per heavy atom. The van der Waals surface area contributed by atoms with E-state index < -0.39 is 5.82 Å². The number of halogens is 2. The van der Waals surface area contributed by atoms with Gasteiger partial charge in [-0.1, -0.05) is 22.4 Å². The fourth-order valence-electron chi connectivity index (χ4n) is 1.77. The zero-order valence-corrected chi connectivity index (χ0v) is 13.4. The third kappa shape index (κ3) is 4.18. The molecule has 0 fully saturated rings. The van der Waals surface area contributed by atoms with Crippen molar-refractivity contribution in [1.29, 1.82) is 0 Å². The summed E-state index contributed by atoms with van der Waals surface area (Å²) in [7, 11) is 0. The van der Waals surface area contributed by atoms with E-state index in [4.69, 9.17) is 5.53 Å². The molecule has 23 heavy (non-hydrogen) atoms. The van der Waals surface area contributed by atoms with E-state index in [1.165, 1.54) is 18.2 Å². The molecule has 0 radical (unpaired) electrons. The Morgan fingerprint density at radius 1 is 1.57 bits per heavy atom. The molecule has 11 heteroatoms. The van der Waals surface area contributed by atoms with Gasteiger partial charge in [-0.05, 0) is 44.8 Å². The van der Waals surface area contributed by atoms with Gasteiger partial charge in [0.05, 0.1) is 4.47 Å². The summed E-state index contributed by atoms with van der Waals surface area (Å²) in [6, 6.07) is 3.79. The lowest BCUT2D eigenvalue weighted by Crippen LogP contribution is -2.17. The van der Waals surface area contributed by atoms with Gasteiger partial charge < -0.3 is 10.5 Å². The molecule has 0 aliphatic rings. The highest BCUT2D eigenvalue weighted by Gasteiger charge is 2.19. The summed E-state index contributed by atoms with van der Waals surface area (Å²) in [4.78, 5) is 2.71. The van der Waals surface area contributed by atoms with Gasteiger partial charge in [0.1, 0.15) is 11.5 Å². The number of nitrogens with zero attached hydrogens (tertiary/aromatic N) is 6. The molecular weight excluding hydrogens is 373 g/mol. The second kappa shape index (κ2) is 7.56. The number of oxime groups is 1. The van der Waals surface area contributed by atoms with Crippen LogP contribution in [0, 0.1) is 5.82 Å². The molecule has 2 N–H and O–H groups in total. The molecular formula is C12H11BrFN7O2. The van der Waals surface area contributed by atoms with E-state index in [1.807, 2.05) is 0 Å². The number of nitrogens with one attached hydrogen (secondary N) is 1. The second-order valence-corrected chi connectivity index (χ2v) is 5.37. The van der Waals surface area contributed by atoms with Crippen LogP contribution in [0.2, 0.25) is 0 Å². The van der Waals surface area contributed by atoms with Gasteiger partial charge in [0.2, 0.25) is 5.84 Å². The average molecular weight is 384 g/mol. The Kier molecular flexibility index (Phi) is 5.50. The van der Waals surface area contributed by atoms with E-state index in [9.17, 15) is 9.60 Å². The zero-order valence-electron chi connectivity index (χ0n) is 11.8. The van der Waals surface area contributed by atoms with Crippen LogP contribution in [0.3, 0.4) is 0 Å². The maximum atomic E-state index is 13.2. The lowest BCUT2D eigenvalue weighted by molar-refractivity contribution is 0.300. The minimum atomic E-state index is -0.426. The normalized spacial score (nSPS) is 12.6. The predicted octanol–water partition coefficient (Wildman–Crippen LogP) is 3.46. The van der Waals surface area contributed by atoms with E-state index >= 15 is 0 Å². The van der Waals surface area contributed by atoms with Crippen molar-refractivity contribution in [2.45, 2.75) is 19.4 Å². The summed E-state index contributed by atoms with van der Waals surface area (Å²) >= 11 is 3.06. The van der Waals surface area contributed by atoms with Crippen LogP contribution in [-0.2, 0) is 6.42 Å². The predicted molar refractivity (Wildman–Crippen MR) is 82.7 cm³/mol. The summed E-state index contributed by atoms with van der Waals surface area (Å²) in [5.74, 6) is -0.460. The highest BCUT2D eigenvalue weighted by Crippen LogP contribution is 2.21. The third-order valence-electron chi connectivity index (χ3n) is 2.80. The number of rotatable bonds is 5. The minimum absolute atomic E-state index is 0.0344. The molecule has 2 rings (SSSR count). The number of aromatic nitrogens is 2. The summed E-state index contributed by atoms with van der Waals surface area (Å²) in [6.07, 6.45) is 0.247. The molecule has 0 spiro atoms. The quantitative estimate of drug-likeness (QED) is 0.155. The van der Waals surface area contributed by atoms with Gasteiger partial charge in [0.15, 0.2) is 5.69 Å². The highest BCUT2D eigenvalue weighted by molar-refractivity contribution is 9.10. The van der Waals surface area contributed by atoms with Crippen molar-refractivity contribution in [2.24, 2.45) is 10.3 Å². The van der Waals surface area contributed by atoms with E-state index in [2.05, 4.69) is 51.4 Å². The van der Waals surface area contributed by atoms with E-state index in [0.29, 0.717) is 11.4 Å². The van der Waals surface area contributed by atoms with Crippen molar-refractivity contribution in [3.05, 3.63) is 50.3 Å². The van der Waals surface area contributed by atoms with E-state index in [0.717, 1.165) is 0 Å². The molecule has 1 aromatic carbocycles. The van der Waals surface area contributed by atoms with Gasteiger partial charge in [-0.25, -0.2) is 9.02 Å². The molecule has 1 atom stereocenters. The van der Waals surface area contributed by atoms with Crippen molar-refractivity contribution in [3.8, 4) is 0 Å². The molecule has 0 aliphatic carbocycles. The van der Waals surface area contributed by atoms with Crippen LogP contribution in [0.1, 0.15) is 18.3 Å². The molecule has 2 aromatic rings. The summed E-state index contributed by atoms with van der Waals surface area (Å²) < 4.78 is 18.1.